The zero-order valence-electron chi connectivity index (χ0n) is 4.71. The second kappa shape index (κ2) is 8.93. The van der Waals surface area contributed by atoms with Gasteiger partial charge >= 0.3 is 0 Å². The minimum Gasteiger partial charge on any atom is -0.242 e. The molecule has 2 nitrogen and oxygen atoms in total. The Balaban J connectivity index is 0. The van der Waals surface area contributed by atoms with E-state index < -0.39 is 0 Å². The second-order valence-electron chi connectivity index (χ2n) is 1.33. The van der Waals surface area contributed by atoms with Crippen LogP contribution in [-0.2, 0) is 0 Å². The summed E-state index contributed by atoms with van der Waals surface area (Å²) in [7, 11) is 0. The highest BCUT2D eigenvalue weighted by Gasteiger charge is 1.51. The molecule has 0 aliphatic rings. The van der Waals surface area contributed by atoms with Crippen molar-refractivity contribution in [2.24, 2.45) is 0 Å². The molecular formula is C5H10N2. The molecule has 0 aliphatic carbocycles. The van der Waals surface area contributed by atoms with E-state index in [1.165, 1.54) is 11.6 Å². The van der Waals surface area contributed by atoms with Gasteiger partial charge in [-0.25, -0.2) is 10.8 Å². The Labute approximate surface area is 43.9 Å². The average Bonchev–Trinajstić information content (AvgIpc) is 1.33. The molecule has 0 radical (unpaired) electrons. The van der Waals surface area contributed by atoms with Crippen molar-refractivity contribution < 1.29 is 0 Å². The monoisotopic (exact) mass is 98.1 g/mol. The first kappa shape index (κ1) is 9.45. The number of hydrogen-bond donors (Lipinski definition) is 2. The summed E-state index contributed by atoms with van der Waals surface area (Å²) in [6, 6.07) is 1.25. The molecule has 0 aromatic carbocycles. The third kappa shape index (κ3) is 64.4. The fourth-order valence-electron chi connectivity index (χ4n) is 0. The largest absolute Gasteiger partial charge is 0.242 e. The summed E-state index contributed by atoms with van der Waals surface area (Å²) in [6.07, 6.45) is 0. The van der Waals surface area contributed by atoms with E-state index in [9.17, 15) is 0 Å². The molecule has 0 aromatic rings. The van der Waals surface area contributed by atoms with Gasteiger partial charge in [0.25, 0.3) is 0 Å². The Morgan fingerprint density at radius 2 is 1.43 bits per heavy atom. The highest BCUT2D eigenvalue weighted by atomic mass is 14.4. The van der Waals surface area contributed by atoms with Crippen molar-refractivity contribution in [1.82, 2.24) is 0 Å². The number of hydrogen-bond acceptors (Lipinski definition) is 2. The second-order valence-corrected chi connectivity index (χ2v) is 1.33. The zero-order chi connectivity index (χ0) is 6.28. The van der Waals surface area contributed by atoms with Gasteiger partial charge in [-0.15, -0.1) is 6.58 Å². The molecule has 0 aliphatic heterocycles. The minimum atomic E-state index is 1.17. The van der Waals surface area contributed by atoms with E-state index >= 15 is 0 Å². The quantitative estimate of drug-likeness (QED) is 0.343. The molecule has 7 heavy (non-hydrogen) atoms. The average molecular weight is 98.1 g/mol. The maximum Gasteiger partial charge on any atom is 0.0831 e. The van der Waals surface area contributed by atoms with Crippen LogP contribution in [0, 0.1) is 10.8 Å². The molecule has 0 atom stereocenters. The van der Waals surface area contributed by atoms with Gasteiger partial charge < -0.3 is 0 Å². The van der Waals surface area contributed by atoms with Gasteiger partial charge in [0, 0.05) is 0 Å². The number of rotatable bonds is 0. The van der Waals surface area contributed by atoms with Crippen molar-refractivity contribution in [3.8, 4) is 0 Å². The van der Waals surface area contributed by atoms with Gasteiger partial charge in [0.1, 0.15) is 0 Å². The van der Waals surface area contributed by atoms with E-state index in [4.69, 9.17) is 10.8 Å². The standard InChI is InChI=1S/C4H8.CH2N2/c1-4(2)3;2-1-3/h1H2,2-3H3;2-3H. The Hall–Kier alpha value is -0.880. The van der Waals surface area contributed by atoms with Crippen molar-refractivity contribution in [3.63, 3.8) is 0 Å². The molecule has 0 spiro atoms. The molecule has 2 N–H and O–H groups in total. The SMILES string of the molecule is C=C(C)C.N=C=N. The van der Waals surface area contributed by atoms with Gasteiger partial charge in [-0.3, -0.25) is 0 Å². The molecule has 40 valence electrons. The van der Waals surface area contributed by atoms with E-state index in [0.717, 1.165) is 0 Å². The summed E-state index contributed by atoms with van der Waals surface area (Å²) in [5.41, 5.74) is 1.17. The summed E-state index contributed by atoms with van der Waals surface area (Å²) in [6.45, 7) is 7.50. The molecule has 2 heteroatoms. The normalized spacial score (nSPS) is 4.86. The van der Waals surface area contributed by atoms with Crippen LogP contribution >= 0.6 is 0 Å². The molecule has 0 saturated heterocycles. The van der Waals surface area contributed by atoms with Crippen molar-refractivity contribution >= 4 is 6.01 Å². The number of nitrogens with one attached hydrogen (secondary N) is 2. The molecule has 0 bridgehead atoms. The van der Waals surface area contributed by atoms with Crippen LogP contribution in [0.2, 0.25) is 0 Å². The Kier molecular flexibility index (Phi) is 12.1. The first-order chi connectivity index (χ1) is 3.15. The maximum absolute atomic E-state index is 5.62. The molecule has 0 aromatic heterocycles. The fourth-order valence-corrected chi connectivity index (χ4v) is 0. The molecule has 0 saturated carbocycles. The first-order valence-corrected chi connectivity index (χ1v) is 1.85. The van der Waals surface area contributed by atoms with Gasteiger partial charge in [0.15, 0.2) is 0 Å². The van der Waals surface area contributed by atoms with E-state index in [-0.39, 0.29) is 0 Å². The third-order valence-corrected chi connectivity index (χ3v) is 0. The van der Waals surface area contributed by atoms with Gasteiger partial charge in [0.05, 0.1) is 6.01 Å². The number of allylic oxidation sites excluding steroid dienone is 1. The lowest BCUT2D eigenvalue weighted by atomic mass is 10.4. The maximum atomic E-state index is 5.62. The Bertz CT molecular complexity index is 74.1. The van der Waals surface area contributed by atoms with Gasteiger partial charge in [-0.2, -0.15) is 0 Å². The van der Waals surface area contributed by atoms with Crippen molar-refractivity contribution in [1.29, 1.82) is 10.8 Å². The van der Waals surface area contributed by atoms with Crippen molar-refractivity contribution in [3.05, 3.63) is 12.2 Å². The van der Waals surface area contributed by atoms with Crippen LogP contribution in [0.1, 0.15) is 13.8 Å². The van der Waals surface area contributed by atoms with Crippen LogP contribution in [0.15, 0.2) is 12.2 Å². The van der Waals surface area contributed by atoms with E-state index in [0.29, 0.717) is 0 Å². The molecule has 0 amide bonds. The van der Waals surface area contributed by atoms with Crippen LogP contribution in [0.25, 0.3) is 0 Å². The molecule has 0 heterocycles. The lowest BCUT2D eigenvalue weighted by Crippen LogP contribution is -1.43. The van der Waals surface area contributed by atoms with E-state index in [1.807, 2.05) is 13.8 Å². The van der Waals surface area contributed by atoms with Gasteiger partial charge in [0.2, 0.25) is 0 Å². The Morgan fingerprint density at radius 1 is 1.43 bits per heavy atom. The molecule has 0 unspecified atom stereocenters. The summed E-state index contributed by atoms with van der Waals surface area (Å²) in [4.78, 5) is 0. The lowest BCUT2D eigenvalue weighted by molar-refractivity contribution is 1.42. The smallest absolute Gasteiger partial charge is 0.0831 e. The Morgan fingerprint density at radius 3 is 1.43 bits per heavy atom. The van der Waals surface area contributed by atoms with Gasteiger partial charge in [-0.05, 0) is 13.8 Å². The van der Waals surface area contributed by atoms with Crippen molar-refractivity contribution in [2.45, 2.75) is 13.8 Å². The van der Waals surface area contributed by atoms with E-state index in [1.54, 1.807) is 0 Å². The van der Waals surface area contributed by atoms with Crippen LogP contribution in [0.3, 0.4) is 0 Å². The topological polar surface area (TPSA) is 47.7 Å². The van der Waals surface area contributed by atoms with Crippen molar-refractivity contribution in [2.75, 3.05) is 0 Å². The van der Waals surface area contributed by atoms with Crippen LogP contribution in [-0.4, -0.2) is 6.01 Å². The van der Waals surface area contributed by atoms with E-state index in [2.05, 4.69) is 6.58 Å². The third-order valence-electron chi connectivity index (χ3n) is 0. The van der Waals surface area contributed by atoms with Crippen LogP contribution in [0.5, 0.6) is 0 Å². The molecule has 0 rings (SSSR count). The summed E-state index contributed by atoms with van der Waals surface area (Å²) in [5, 5.41) is 11.2. The first-order valence-electron chi connectivity index (χ1n) is 1.85. The fraction of sp³-hybridized carbons (Fsp3) is 0.400. The lowest BCUT2D eigenvalue weighted by Gasteiger charge is -1.65. The predicted octanol–water partition coefficient (Wildman–Crippen LogP) is 1.90. The highest BCUT2D eigenvalue weighted by molar-refractivity contribution is 5.29. The zero-order valence-corrected chi connectivity index (χ0v) is 4.71. The summed E-state index contributed by atoms with van der Waals surface area (Å²) >= 11 is 0. The summed E-state index contributed by atoms with van der Waals surface area (Å²) < 4.78 is 0. The predicted molar refractivity (Wildman–Crippen MR) is 30.9 cm³/mol. The molecular weight excluding hydrogens is 88.1 g/mol. The molecule has 0 fully saturated rings. The highest BCUT2D eigenvalue weighted by Crippen LogP contribution is 1.73. The minimum absolute atomic E-state index is 1.17. The van der Waals surface area contributed by atoms with Gasteiger partial charge in [-0.1, -0.05) is 5.57 Å². The van der Waals surface area contributed by atoms with Crippen LogP contribution < -0.4 is 0 Å². The van der Waals surface area contributed by atoms with Crippen LogP contribution in [0.4, 0.5) is 0 Å². The summed E-state index contributed by atoms with van der Waals surface area (Å²) in [5.74, 6) is 0.